The lowest BCUT2D eigenvalue weighted by Gasteiger charge is -2.45. The van der Waals surface area contributed by atoms with Crippen molar-refractivity contribution in [3.05, 3.63) is 93.3 Å². The molecule has 1 atom stereocenters. The molecule has 2 saturated heterocycles. The third-order valence-corrected chi connectivity index (χ3v) is 12.4. The summed E-state index contributed by atoms with van der Waals surface area (Å²) in [7, 11) is -3.67. The van der Waals surface area contributed by atoms with Crippen LogP contribution in [0.5, 0.6) is 0 Å². The van der Waals surface area contributed by atoms with Crippen molar-refractivity contribution in [2.75, 3.05) is 24.6 Å². The number of aromatic nitrogens is 2. The number of rotatable bonds is 4. The van der Waals surface area contributed by atoms with Gasteiger partial charge in [-0.2, -0.15) is 9.40 Å². The fourth-order valence-corrected chi connectivity index (χ4v) is 9.90. The van der Waals surface area contributed by atoms with Crippen molar-refractivity contribution in [3.63, 3.8) is 0 Å². The van der Waals surface area contributed by atoms with Crippen molar-refractivity contribution in [2.45, 2.75) is 50.3 Å². The topological polar surface area (TPSA) is 55.2 Å². The predicted octanol–water partition coefficient (Wildman–Crippen LogP) is 7.04. The maximum absolute atomic E-state index is 13.9. The zero-order chi connectivity index (χ0) is 28.1. The Hall–Kier alpha value is -2.33. The maximum atomic E-state index is 13.9. The number of thioether (sulfide) groups is 2. The number of hydrogen-bond donors (Lipinski definition) is 0. The van der Waals surface area contributed by atoms with Crippen molar-refractivity contribution in [1.29, 1.82) is 0 Å². The molecule has 3 aliphatic rings. The van der Waals surface area contributed by atoms with E-state index >= 15 is 0 Å². The predicted molar refractivity (Wildman–Crippen MR) is 164 cm³/mol. The normalized spacial score (nSPS) is 21.9. The zero-order valence-corrected chi connectivity index (χ0v) is 25.5. The van der Waals surface area contributed by atoms with Gasteiger partial charge in [0.1, 0.15) is 5.82 Å². The van der Waals surface area contributed by atoms with Crippen LogP contribution in [0.3, 0.4) is 0 Å². The third kappa shape index (κ3) is 5.22. The maximum Gasteiger partial charge on any atom is 0.243 e. The molecule has 210 valence electrons. The molecule has 2 aromatic carbocycles. The van der Waals surface area contributed by atoms with Crippen LogP contribution >= 0.6 is 23.5 Å². The molecule has 40 heavy (non-hydrogen) atoms. The van der Waals surface area contributed by atoms with Crippen LogP contribution in [-0.2, 0) is 21.9 Å². The molecular weight excluding hydrogens is 562 g/mol. The Bertz CT molecular complexity index is 1580. The molecule has 9 heteroatoms. The molecule has 0 N–H and O–H groups in total. The van der Waals surface area contributed by atoms with Gasteiger partial charge in [-0.25, -0.2) is 17.5 Å². The zero-order valence-electron chi connectivity index (χ0n) is 23.1. The van der Waals surface area contributed by atoms with E-state index < -0.39 is 15.4 Å². The van der Waals surface area contributed by atoms with E-state index in [1.54, 1.807) is 28.6 Å². The summed E-state index contributed by atoms with van der Waals surface area (Å²) in [4.78, 5) is 0.345. The van der Waals surface area contributed by atoms with Gasteiger partial charge >= 0.3 is 0 Å². The molecule has 2 aliphatic heterocycles. The highest BCUT2D eigenvalue weighted by Crippen LogP contribution is 2.49. The molecule has 0 bridgehead atoms. The quantitative estimate of drug-likeness (QED) is 0.324. The second-order valence-electron chi connectivity index (χ2n) is 11.8. The molecule has 1 aromatic heterocycles. The number of sulfonamides is 1. The first-order valence-electron chi connectivity index (χ1n) is 13.7. The Morgan fingerprint density at radius 2 is 1.73 bits per heavy atom. The first kappa shape index (κ1) is 27.8. The first-order chi connectivity index (χ1) is 19.0. The molecule has 0 radical (unpaired) electrons. The van der Waals surface area contributed by atoms with Crippen LogP contribution in [0, 0.1) is 11.2 Å². The van der Waals surface area contributed by atoms with E-state index in [-0.39, 0.29) is 11.2 Å². The smallest absolute Gasteiger partial charge is 0.233 e. The van der Waals surface area contributed by atoms with Gasteiger partial charge in [0, 0.05) is 22.7 Å². The Balaban J connectivity index is 1.38. The monoisotopic (exact) mass is 595 g/mol. The van der Waals surface area contributed by atoms with Crippen molar-refractivity contribution in [1.82, 2.24) is 14.1 Å². The van der Waals surface area contributed by atoms with Gasteiger partial charge in [0.05, 0.1) is 22.5 Å². The second-order valence-corrected chi connectivity index (χ2v) is 16.3. The third-order valence-electron chi connectivity index (χ3n) is 8.03. The minimum absolute atomic E-state index is 0.0448. The molecular formula is C31H34FN3O2S3. The van der Waals surface area contributed by atoms with E-state index in [1.165, 1.54) is 28.4 Å². The lowest BCUT2D eigenvalue weighted by atomic mass is 9.69. The molecule has 0 spiro atoms. The van der Waals surface area contributed by atoms with Gasteiger partial charge in [-0.1, -0.05) is 44.6 Å². The van der Waals surface area contributed by atoms with Crippen LogP contribution in [0.4, 0.5) is 4.39 Å². The largest absolute Gasteiger partial charge is 0.243 e. The van der Waals surface area contributed by atoms with E-state index in [4.69, 9.17) is 0 Å². The highest BCUT2D eigenvalue weighted by molar-refractivity contribution is 8.22. The van der Waals surface area contributed by atoms with Crippen molar-refractivity contribution in [2.24, 2.45) is 5.41 Å². The lowest BCUT2D eigenvalue weighted by molar-refractivity contribution is 0.260. The number of fused-ring (bicyclic) bond motifs is 2. The van der Waals surface area contributed by atoms with E-state index in [1.807, 2.05) is 46.5 Å². The van der Waals surface area contributed by atoms with Gasteiger partial charge in [-0.3, -0.25) is 0 Å². The van der Waals surface area contributed by atoms with Crippen LogP contribution < -0.4 is 0 Å². The lowest BCUT2D eigenvalue weighted by Crippen LogP contribution is -2.48. The average Bonchev–Trinajstić information content (AvgIpc) is 3.34. The minimum atomic E-state index is -3.67. The number of piperidine rings is 1. The average molecular weight is 596 g/mol. The molecule has 0 amide bonds. The summed E-state index contributed by atoms with van der Waals surface area (Å²) in [5.41, 5.74) is 4.74. The molecule has 0 saturated carbocycles. The molecule has 3 heterocycles. The summed E-state index contributed by atoms with van der Waals surface area (Å²) >= 11 is 3.75. The standard InChI is InChI=1S/C31H34FN3O2S3/c1-30(2,3)23-5-11-27(12-6-23)40(36,37)34-14-13-24-17-28-22(20-33-35(28)26-9-7-25(32)8-10-26)18-31(24,21-34)19-29-38-15-4-16-39-29/h5-12,17,19-20H,4,13-16,18,21H2,1-3H3. The second kappa shape index (κ2) is 10.5. The summed E-state index contributed by atoms with van der Waals surface area (Å²) < 4.78 is 46.3. The summed E-state index contributed by atoms with van der Waals surface area (Å²) in [5.74, 6) is 1.89. The van der Waals surface area contributed by atoms with Crippen LogP contribution in [0.1, 0.15) is 50.4 Å². The summed E-state index contributed by atoms with van der Waals surface area (Å²) in [5, 5.41) is 4.66. The highest BCUT2D eigenvalue weighted by Gasteiger charge is 2.45. The van der Waals surface area contributed by atoms with Crippen LogP contribution in [-0.4, -0.2) is 47.1 Å². The Morgan fingerprint density at radius 3 is 2.40 bits per heavy atom. The molecule has 3 aromatic rings. The van der Waals surface area contributed by atoms with Gasteiger partial charge in [0.2, 0.25) is 10.0 Å². The van der Waals surface area contributed by atoms with Gasteiger partial charge in [-0.05, 0) is 89.8 Å². The number of benzene rings is 2. The van der Waals surface area contributed by atoms with E-state index in [0.29, 0.717) is 30.8 Å². The van der Waals surface area contributed by atoms with Gasteiger partial charge < -0.3 is 0 Å². The summed E-state index contributed by atoms with van der Waals surface area (Å²) in [6, 6.07) is 13.8. The molecule has 6 rings (SSSR count). The van der Waals surface area contributed by atoms with E-state index in [9.17, 15) is 12.8 Å². The summed E-state index contributed by atoms with van der Waals surface area (Å²) in [6.45, 7) is 7.21. The highest BCUT2D eigenvalue weighted by atomic mass is 32.2. The van der Waals surface area contributed by atoms with Gasteiger partial charge in [-0.15, -0.1) is 23.5 Å². The Morgan fingerprint density at radius 1 is 1.02 bits per heavy atom. The number of hydrogen-bond acceptors (Lipinski definition) is 5. The molecule has 2 fully saturated rings. The van der Waals surface area contributed by atoms with Crippen molar-refractivity contribution >= 4 is 39.6 Å². The SMILES string of the molecule is CC(C)(C)c1ccc(S(=O)(=O)N2CCC3=Cc4c(cnn4-c4ccc(F)cc4)CC3(C=C3SCCCS3)C2)cc1. The summed E-state index contributed by atoms with van der Waals surface area (Å²) in [6.07, 6.45) is 8.93. The first-order valence-corrected chi connectivity index (χ1v) is 17.1. The van der Waals surface area contributed by atoms with Crippen LogP contribution in [0.25, 0.3) is 11.8 Å². The molecule has 1 aliphatic carbocycles. The van der Waals surface area contributed by atoms with Crippen molar-refractivity contribution in [3.8, 4) is 5.69 Å². The van der Waals surface area contributed by atoms with E-state index in [0.717, 1.165) is 34.0 Å². The van der Waals surface area contributed by atoms with Crippen LogP contribution in [0.2, 0.25) is 0 Å². The Labute approximate surface area is 245 Å². The fraction of sp³-hybridized carbons (Fsp3) is 0.387. The number of nitrogens with zero attached hydrogens (tertiary/aromatic N) is 3. The molecule has 5 nitrogen and oxygen atoms in total. The van der Waals surface area contributed by atoms with Crippen LogP contribution in [0.15, 0.2) is 75.5 Å². The van der Waals surface area contributed by atoms with E-state index in [2.05, 4.69) is 38.0 Å². The minimum Gasteiger partial charge on any atom is -0.233 e. The molecule has 1 unspecified atom stereocenters. The van der Waals surface area contributed by atoms with Gasteiger partial charge in [0.15, 0.2) is 0 Å². The van der Waals surface area contributed by atoms with Crippen molar-refractivity contribution < 1.29 is 12.8 Å². The fourth-order valence-electron chi connectivity index (χ4n) is 5.78. The number of halogens is 1. The van der Waals surface area contributed by atoms with Gasteiger partial charge in [0.25, 0.3) is 0 Å². The Kier molecular flexibility index (Phi) is 7.30.